The predicted octanol–water partition coefficient (Wildman–Crippen LogP) is 1.82. The standard InChI is InChI=1S/C6H10O2.C5H8O2/c7-6-4-2-1-3-5-8-6;6-5-3-1-2-4-7-5/h1-5H2;1-4H2. The third kappa shape index (κ3) is 6.10. The van der Waals surface area contributed by atoms with E-state index in [9.17, 15) is 9.59 Å². The van der Waals surface area contributed by atoms with Gasteiger partial charge in [0, 0.05) is 12.8 Å². The van der Waals surface area contributed by atoms with E-state index in [1.54, 1.807) is 0 Å². The number of esters is 2. The van der Waals surface area contributed by atoms with Crippen molar-refractivity contribution in [1.82, 2.24) is 0 Å². The molecule has 15 heavy (non-hydrogen) atoms. The van der Waals surface area contributed by atoms with Gasteiger partial charge in [0.1, 0.15) is 0 Å². The number of cyclic esters (lactones) is 2. The van der Waals surface area contributed by atoms with Crippen molar-refractivity contribution >= 4 is 11.9 Å². The molecule has 2 aliphatic heterocycles. The van der Waals surface area contributed by atoms with Crippen molar-refractivity contribution in [2.75, 3.05) is 13.2 Å². The van der Waals surface area contributed by atoms with Crippen molar-refractivity contribution in [3.05, 3.63) is 0 Å². The Morgan fingerprint density at radius 1 is 0.667 bits per heavy atom. The highest BCUT2D eigenvalue weighted by Crippen LogP contribution is 2.06. The van der Waals surface area contributed by atoms with E-state index >= 15 is 0 Å². The van der Waals surface area contributed by atoms with E-state index in [0.29, 0.717) is 26.1 Å². The van der Waals surface area contributed by atoms with Gasteiger partial charge in [0.25, 0.3) is 0 Å². The van der Waals surface area contributed by atoms with Gasteiger partial charge in [-0.05, 0) is 32.1 Å². The van der Waals surface area contributed by atoms with Gasteiger partial charge in [0.2, 0.25) is 0 Å². The minimum Gasteiger partial charge on any atom is -0.466 e. The van der Waals surface area contributed by atoms with Crippen molar-refractivity contribution in [3.63, 3.8) is 0 Å². The van der Waals surface area contributed by atoms with Crippen LogP contribution in [-0.2, 0) is 19.1 Å². The molecular formula is C11H18O4. The number of carbonyl (C=O) groups excluding carboxylic acids is 2. The second kappa shape index (κ2) is 7.26. The van der Waals surface area contributed by atoms with Crippen molar-refractivity contribution in [2.24, 2.45) is 0 Å². The van der Waals surface area contributed by atoms with Crippen LogP contribution in [0.4, 0.5) is 0 Å². The largest absolute Gasteiger partial charge is 0.466 e. The lowest BCUT2D eigenvalue weighted by molar-refractivity contribution is -0.146. The first-order valence-corrected chi connectivity index (χ1v) is 5.60. The fraction of sp³-hybridized carbons (Fsp3) is 0.818. The minimum absolute atomic E-state index is 0.0255. The molecule has 2 fully saturated rings. The summed E-state index contributed by atoms with van der Waals surface area (Å²) in [5.74, 6) is -0.0613. The molecule has 0 aromatic heterocycles. The van der Waals surface area contributed by atoms with E-state index in [2.05, 4.69) is 4.74 Å². The molecule has 86 valence electrons. The van der Waals surface area contributed by atoms with Crippen LogP contribution in [0.15, 0.2) is 0 Å². The highest BCUT2D eigenvalue weighted by atomic mass is 16.5. The van der Waals surface area contributed by atoms with E-state index in [0.717, 1.165) is 32.1 Å². The lowest BCUT2D eigenvalue weighted by Crippen LogP contribution is -2.10. The molecule has 0 amide bonds. The van der Waals surface area contributed by atoms with Crippen molar-refractivity contribution < 1.29 is 19.1 Å². The van der Waals surface area contributed by atoms with Gasteiger partial charge in [-0.3, -0.25) is 9.59 Å². The van der Waals surface area contributed by atoms with E-state index in [1.165, 1.54) is 0 Å². The second-order valence-corrected chi connectivity index (χ2v) is 3.71. The van der Waals surface area contributed by atoms with Crippen molar-refractivity contribution in [3.8, 4) is 0 Å². The summed E-state index contributed by atoms with van der Waals surface area (Å²) in [7, 11) is 0. The zero-order valence-corrected chi connectivity index (χ0v) is 9.00. The van der Waals surface area contributed by atoms with Crippen LogP contribution in [0, 0.1) is 0 Å². The lowest BCUT2D eigenvalue weighted by Gasteiger charge is -2.08. The third-order valence-electron chi connectivity index (χ3n) is 2.33. The highest BCUT2D eigenvalue weighted by molar-refractivity contribution is 5.69. The first kappa shape index (κ1) is 12.0. The minimum atomic E-state index is -0.0359. The van der Waals surface area contributed by atoms with Crippen LogP contribution in [0.2, 0.25) is 0 Å². The van der Waals surface area contributed by atoms with E-state index < -0.39 is 0 Å². The Morgan fingerprint density at radius 3 is 1.67 bits per heavy atom. The Hall–Kier alpha value is -1.06. The molecule has 0 saturated carbocycles. The van der Waals surface area contributed by atoms with E-state index in [1.807, 2.05) is 0 Å². The summed E-state index contributed by atoms with van der Waals surface area (Å²) in [6, 6.07) is 0. The number of ether oxygens (including phenoxy) is 2. The van der Waals surface area contributed by atoms with Gasteiger partial charge < -0.3 is 9.47 Å². The van der Waals surface area contributed by atoms with Gasteiger partial charge in [-0.15, -0.1) is 0 Å². The molecule has 4 nitrogen and oxygen atoms in total. The Balaban J connectivity index is 0.000000151. The van der Waals surface area contributed by atoms with Crippen LogP contribution in [0.1, 0.15) is 44.9 Å². The first-order chi connectivity index (χ1) is 7.29. The molecule has 2 rings (SSSR count). The van der Waals surface area contributed by atoms with E-state index in [4.69, 9.17) is 4.74 Å². The first-order valence-electron chi connectivity index (χ1n) is 5.60. The Kier molecular flexibility index (Phi) is 5.81. The summed E-state index contributed by atoms with van der Waals surface area (Å²) >= 11 is 0. The van der Waals surface area contributed by atoms with Crippen LogP contribution in [0.3, 0.4) is 0 Å². The highest BCUT2D eigenvalue weighted by Gasteiger charge is 2.06. The molecule has 4 heteroatoms. The normalized spacial score (nSPS) is 21.6. The van der Waals surface area contributed by atoms with Crippen LogP contribution < -0.4 is 0 Å². The van der Waals surface area contributed by atoms with Gasteiger partial charge in [-0.25, -0.2) is 0 Å². The Labute approximate surface area is 89.9 Å². The van der Waals surface area contributed by atoms with Gasteiger partial charge in [0.05, 0.1) is 13.2 Å². The number of hydrogen-bond acceptors (Lipinski definition) is 4. The van der Waals surface area contributed by atoms with Crippen LogP contribution >= 0.6 is 0 Å². The Morgan fingerprint density at radius 2 is 1.13 bits per heavy atom. The van der Waals surface area contributed by atoms with Gasteiger partial charge in [-0.2, -0.15) is 0 Å². The fourth-order valence-electron chi connectivity index (χ4n) is 1.44. The molecule has 0 bridgehead atoms. The van der Waals surface area contributed by atoms with Crippen LogP contribution in [0.25, 0.3) is 0 Å². The summed E-state index contributed by atoms with van der Waals surface area (Å²) in [6.07, 6.45) is 6.51. The summed E-state index contributed by atoms with van der Waals surface area (Å²) in [5, 5.41) is 0. The molecule has 0 unspecified atom stereocenters. The quantitative estimate of drug-likeness (QED) is 0.577. The molecule has 0 aromatic rings. The molecule has 0 N–H and O–H groups in total. The number of carbonyl (C=O) groups is 2. The third-order valence-corrected chi connectivity index (χ3v) is 2.33. The molecule has 0 aromatic carbocycles. The molecule has 2 saturated heterocycles. The monoisotopic (exact) mass is 214 g/mol. The maximum absolute atomic E-state index is 10.5. The lowest BCUT2D eigenvalue weighted by atomic mass is 10.2. The zero-order valence-electron chi connectivity index (χ0n) is 9.00. The van der Waals surface area contributed by atoms with Crippen LogP contribution in [-0.4, -0.2) is 25.2 Å². The topological polar surface area (TPSA) is 52.6 Å². The smallest absolute Gasteiger partial charge is 0.305 e. The van der Waals surface area contributed by atoms with E-state index in [-0.39, 0.29) is 11.9 Å². The maximum Gasteiger partial charge on any atom is 0.305 e. The van der Waals surface area contributed by atoms with Crippen LogP contribution in [0.5, 0.6) is 0 Å². The number of hydrogen-bond donors (Lipinski definition) is 0. The summed E-state index contributed by atoms with van der Waals surface area (Å²) < 4.78 is 9.40. The zero-order chi connectivity index (χ0) is 10.9. The summed E-state index contributed by atoms with van der Waals surface area (Å²) in [5.41, 5.74) is 0. The van der Waals surface area contributed by atoms with Gasteiger partial charge >= 0.3 is 11.9 Å². The molecule has 0 spiro atoms. The average Bonchev–Trinajstić information content (AvgIpc) is 2.48. The number of rotatable bonds is 0. The molecule has 2 aliphatic rings. The molecular weight excluding hydrogens is 196 g/mol. The Bertz CT molecular complexity index is 195. The second-order valence-electron chi connectivity index (χ2n) is 3.71. The summed E-state index contributed by atoms with van der Waals surface area (Å²) in [4.78, 5) is 20.7. The average molecular weight is 214 g/mol. The molecule has 0 radical (unpaired) electrons. The maximum atomic E-state index is 10.5. The van der Waals surface area contributed by atoms with Gasteiger partial charge in [-0.1, -0.05) is 0 Å². The SMILES string of the molecule is O=C1CCCCCO1.O=C1CCCCO1. The van der Waals surface area contributed by atoms with Crippen molar-refractivity contribution in [1.29, 1.82) is 0 Å². The van der Waals surface area contributed by atoms with Gasteiger partial charge in [0.15, 0.2) is 0 Å². The fourth-order valence-corrected chi connectivity index (χ4v) is 1.44. The molecule has 0 aliphatic carbocycles. The summed E-state index contributed by atoms with van der Waals surface area (Å²) in [6.45, 7) is 1.28. The molecule has 2 heterocycles. The van der Waals surface area contributed by atoms with Crippen molar-refractivity contribution in [2.45, 2.75) is 44.9 Å². The predicted molar refractivity (Wildman–Crippen MR) is 54.2 cm³/mol. The molecule has 0 atom stereocenters.